The molecule has 1 saturated heterocycles. The molecule has 2 aromatic heterocycles. The number of carbonyl (C=O) groups is 1. The number of hydrogen-bond donors (Lipinski definition) is 2. The monoisotopic (exact) mass is 346 g/mol. The van der Waals surface area contributed by atoms with Crippen molar-refractivity contribution in [1.82, 2.24) is 15.5 Å². The Labute approximate surface area is 142 Å². The lowest BCUT2D eigenvalue weighted by Gasteiger charge is -2.41. The maximum Gasteiger partial charge on any atom is 0.264 e. The van der Waals surface area contributed by atoms with Gasteiger partial charge in [0, 0.05) is 31.5 Å². The third-order valence-electron chi connectivity index (χ3n) is 5.05. The highest BCUT2D eigenvalue weighted by Crippen LogP contribution is 2.51. The molecule has 1 amide bonds. The largest absolute Gasteiger partial charge is 0.488 e. The third kappa shape index (κ3) is 2.06. The van der Waals surface area contributed by atoms with Gasteiger partial charge >= 0.3 is 0 Å². The van der Waals surface area contributed by atoms with E-state index in [0.29, 0.717) is 19.8 Å². The van der Waals surface area contributed by atoms with Crippen LogP contribution in [0.15, 0.2) is 12.4 Å². The number of rotatable bonds is 1. The van der Waals surface area contributed by atoms with Crippen molar-refractivity contribution in [3.8, 4) is 16.2 Å². The molecule has 0 saturated carbocycles. The van der Waals surface area contributed by atoms with Gasteiger partial charge in [-0.15, -0.1) is 11.3 Å². The zero-order valence-corrected chi connectivity index (χ0v) is 13.9. The van der Waals surface area contributed by atoms with Crippen LogP contribution in [0.4, 0.5) is 5.69 Å². The first-order chi connectivity index (χ1) is 11.8. The Hall–Kier alpha value is -2.06. The summed E-state index contributed by atoms with van der Waals surface area (Å²) in [6.07, 6.45) is 5.31. The number of aromatic amines is 1. The molecule has 3 aliphatic rings. The van der Waals surface area contributed by atoms with E-state index in [1.165, 1.54) is 11.3 Å². The molecule has 0 radical (unpaired) electrons. The number of ether oxygens (including phenoxy) is 2. The Morgan fingerprint density at radius 1 is 1.25 bits per heavy atom. The topological polar surface area (TPSA) is 79.5 Å². The fourth-order valence-corrected chi connectivity index (χ4v) is 4.97. The molecule has 5 heterocycles. The van der Waals surface area contributed by atoms with Gasteiger partial charge in [0.25, 0.3) is 5.91 Å². The molecule has 0 aliphatic carbocycles. The van der Waals surface area contributed by atoms with Crippen molar-refractivity contribution >= 4 is 22.9 Å². The van der Waals surface area contributed by atoms with Crippen LogP contribution in [-0.4, -0.2) is 54.6 Å². The van der Waals surface area contributed by atoms with E-state index in [1.807, 2.05) is 6.20 Å². The van der Waals surface area contributed by atoms with Crippen LogP contribution in [0.5, 0.6) is 5.75 Å². The van der Waals surface area contributed by atoms with Gasteiger partial charge in [-0.25, -0.2) is 0 Å². The third-order valence-corrected chi connectivity index (χ3v) is 6.26. The number of aromatic nitrogens is 2. The lowest BCUT2D eigenvalue weighted by molar-refractivity contribution is 0.0389. The minimum Gasteiger partial charge on any atom is -0.488 e. The molecule has 0 bridgehead atoms. The summed E-state index contributed by atoms with van der Waals surface area (Å²) in [6.45, 7) is 3.65. The van der Waals surface area contributed by atoms with Crippen LogP contribution in [-0.2, 0) is 4.74 Å². The Bertz CT molecular complexity index is 780. The fraction of sp³-hybridized carbons (Fsp3) is 0.500. The van der Waals surface area contributed by atoms with Crippen molar-refractivity contribution in [2.75, 3.05) is 37.8 Å². The van der Waals surface area contributed by atoms with Crippen LogP contribution in [0.2, 0.25) is 0 Å². The van der Waals surface area contributed by atoms with E-state index >= 15 is 0 Å². The van der Waals surface area contributed by atoms with Gasteiger partial charge in [-0.3, -0.25) is 9.89 Å². The molecule has 2 aromatic rings. The number of anilines is 1. The van der Waals surface area contributed by atoms with E-state index in [4.69, 9.17) is 9.47 Å². The zero-order chi connectivity index (χ0) is 16.1. The second-order valence-electron chi connectivity index (χ2n) is 6.54. The molecule has 8 heteroatoms. The fourth-order valence-electron chi connectivity index (χ4n) is 3.82. The number of carbonyl (C=O) groups excluding carboxylic acids is 1. The van der Waals surface area contributed by atoms with E-state index in [9.17, 15) is 4.79 Å². The van der Waals surface area contributed by atoms with Crippen molar-refractivity contribution in [3.05, 3.63) is 17.3 Å². The van der Waals surface area contributed by atoms with Crippen LogP contribution < -0.4 is 15.0 Å². The standard InChI is InChI=1S/C16H18N4O3S/c21-15-14-11-12(13(24-14)10-7-17-18-8-10)23-6-3-20(11)9-16(19-15)1-4-22-5-2-16/h7-8H,1-6,9H2,(H,17,18)(H,19,21). The Kier molecular flexibility index (Phi) is 3.11. The van der Waals surface area contributed by atoms with E-state index in [-0.39, 0.29) is 11.4 Å². The maximum atomic E-state index is 13.0. The second kappa shape index (κ2) is 5.22. The average Bonchev–Trinajstić information content (AvgIpc) is 3.21. The molecule has 1 spiro atoms. The van der Waals surface area contributed by atoms with Crippen LogP contribution in [0.1, 0.15) is 22.5 Å². The summed E-state index contributed by atoms with van der Waals surface area (Å²) in [4.78, 5) is 17.0. The number of nitrogens with one attached hydrogen (secondary N) is 2. The molecule has 7 nitrogen and oxygen atoms in total. The Balaban J connectivity index is 1.62. The van der Waals surface area contributed by atoms with Crippen LogP contribution in [0.3, 0.4) is 0 Å². The first kappa shape index (κ1) is 14.3. The first-order valence-corrected chi connectivity index (χ1v) is 9.01. The molecular weight excluding hydrogens is 328 g/mol. The number of thiophene rings is 1. The number of H-pyrrole nitrogens is 1. The first-order valence-electron chi connectivity index (χ1n) is 8.20. The minimum atomic E-state index is -0.196. The van der Waals surface area contributed by atoms with Crippen LogP contribution in [0.25, 0.3) is 10.4 Å². The van der Waals surface area contributed by atoms with E-state index in [0.717, 1.165) is 52.7 Å². The number of hydrogen-bond acceptors (Lipinski definition) is 6. The van der Waals surface area contributed by atoms with Crippen molar-refractivity contribution in [2.45, 2.75) is 18.4 Å². The highest BCUT2D eigenvalue weighted by atomic mass is 32.1. The summed E-state index contributed by atoms with van der Waals surface area (Å²) in [5.41, 5.74) is 1.71. The van der Waals surface area contributed by atoms with Gasteiger partial charge in [-0.2, -0.15) is 5.10 Å². The number of amides is 1. The van der Waals surface area contributed by atoms with Gasteiger partial charge in [-0.05, 0) is 12.8 Å². The SMILES string of the molecule is O=C1NC2(CCOCC2)CN2CCOc3c(-c4cn[nH]c4)sc1c32. The smallest absolute Gasteiger partial charge is 0.264 e. The molecule has 3 aliphatic heterocycles. The van der Waals surface area contributed by atoms with Crippen LogP contribution >= 0.6 is 11.3 Å². The minimum absolute atomic E-state index is 0.000829. The van der Waals surface area contributed by atoms with Gasteiger partial charge in [0.05, 0.1) is 23.2 Å². The predicted molar refractivity (Wildman–Crippen MR) is 89.9 cm³/mol. The number of nitrogens with zero attached hydrogens (tertiary/aromatic N) is 2. The summed E-state index contributed by atoms with van der Waals surface area (Å²) in [5, 5.41) is 10.2. The Morgan fingerprint density at radius 3 is 2.92 bits per heavy atom. The molecule has 126 valence electrons. The predicted octanol–water partition coefficient (Wildman–Crippen LogP) is 1.63. The molecular formula is C16H18N4O3S. The van der Waals surface area contributed by atoms with Crippen molar-refractivity contribution in [1.29, 1.82) is 0 Å². The molecule has 24 heavy (non-hydrogen) atoms. The lowest BCUT2D eigenvalue weighted by atomic mass is 9.89. The molecule has 0 unspecified atom stereocenters. The molecule has 5 rings (SSSR count). The van der Waals surface area contributed by atoms with Gasteiger partial charge in [-0.1, -0.05) is 0 Å². The van der Waals surface area contributed by atoms with E-state index in [2.05, 4.69) is 20.4 Å². The summed E-state index contributed by atoms with van der Waals surface area (Å²) in [7, 11) is 0. The average molecular weight is 346 g/mol. The molecule has 0 aromatic carbocycles. The van der Waals surface area contributed by atoms with Crippen LogP contribution in [0, 0.1) is 0 Å². The van der Waals surface area contributed by atoms with Gasteiger partial charge in [0.2, 0.25) is 0 Å². The van der Waals surface area contributed by atoms with Gasteiger partial charge < -0.3 is 19.7 Å². The second-order valence-corrected chi connectivity index (χ2v) is 7.56. The lowest BCUT2D eigenvalue weighted by Crippen LogP contribution is -2.57. The van der Waals surface area contributed by atoms with E-state index < -0.39 is 0 Å². The van der Waals surface area contributed by atoms with Crippen molar-refractivity contribution in [2.24, 2.45) is 0 Å². The van der Waals surface area contributed by atoms with Gasteiger partial charge in [0.15, 0.2) is 5.75 Å². The molecule has 1 fully saturated rings. The van der Waals surface area contributed by atoms with Crippen molar-refractivity contribution in [3.63, 3.8) is 0 Å². The summed E-state index contributed by atoms with van der Waals surface area (Å²) in [5.74, 6) is 0.822. The molecule has 2 N–H and O–H groups in total. The highest BCUT2D eigenvalue weighted by Gasteiger charge is 2.43. The highest BCUT2D eigenvalue weighted by molar-refractivity contribution is 7.18. The maximum absolute atomic E-state index is 13.0. The van der Waals surface area contributed by atoms with Gasteiger partial charge in [0.1, 0.15) is 17.2 Å². The zero-order valence-electron chi connectivity index (χ0n) is 13.1. The normalized spacial score (nSPS) is 21.8. The molecule has 0 atom stereocenters. The summed E-state index contributed by atoms with van der Waals surface area (Å²) >= 11 is 1.49. The summed E-state index contributed by atoms with van der Waals surface area (Å²) < 4.78 is 11.5. The van der Waals surface area contributed by atoms with E-state index in [1.54, 1.807) is 6.20 Å². The van der Waals surface area contributed by atoms with Crippen molar-refractivity contribution < 1.29 is 14.3 Å². The quantitative estimate of drug-likeness (QED) is 0.820. The Morgan fingerprint density at radius 2 is 2.12 bits per heavy atom. The summed E-state index contributed by atoms with van der Waals surface area (Å²) in [6, 6.07) is 0.